The van der Waals surface area contributed by atoms with Crippen molar-refractivity contribution in [1.29, 1.82) is 0 Å². The number of halogens is 1. The van der Waals surface area contributed by atoms with Crippen LogP contribution in [0.4, 0.5) is 0 Å². The molecule has 0 amide bonds. The molecule has 1 atom stereocenters. The molecule has 0 bridgehead atoms. The highest BCUT2D eigenvalue weighted by Crippen LogP contribution is 2.37. The predicted molar refractivity (Wildman–Crippen MR) is 57.6 cm³/mol. The first-order valence-corrected chi connectivity index (χ1v) is 5.29. The van der Waals surface area contributed by atoms with Gasteiger partial charge in [-0.2, -0.15) is 0 Å². The zero-order valence-electron chi connectivity index (χ0n) is 7.92. The second-order valence-electron chi connectivity index (χ2n) is 3.48. The fourth-order valence-corrected chi connectivity index (χ4v) is 1.95. The summed E-state index contributed by atoms with van der Waals surface area (Å²) in [5.41, 5.74) is 6.90. The van der Waals surface area contributed by atoms with Gasteiger partial charge in [0.2, 0.25) is 6.79 Å². The summed E-state index contributed by atoms with van der Waals surface area (Å²) < 4.78 is 11.6. The minimum Gasteiger partial charge on any atom is -0.454 e. The molecule has 0 saturated heterocycles. The van der Waals surface area contributed by atoms with Crippen LogP contribution in [0.25, 0.3) is 0 Å². The molecular weight excluding hydrogens is 246 g/mol. The van der Waals surface area contributed by atoms with E-state index in [9.17, 15) is 0 Å². The van der Waals surface area contributed by atoms with E-state index in [4.69, 9.17) is 15.2 Å². The summed E-state index contributed by atoms with van der Waals surface area (Å²) in [5.74, 6) is 1.61. The minimum atomic E-state index is 0.145. The van der Waals surface area contributed by atoms with Gasteiger partial charge in [-0.15, -0.1) is 0 Å². The van der Waals surface area contributed by atoms with Gasteiger partial charge in [0, 0.05) is 10.5 Å². The van der Waals surface area contributed by atoms with Crippen LogP contribution in [0.2, 0.25) is 0 Å². The number of nitrogens with two attached hydrogens (primary N) is 1. The first-order valence-electron chi connectivity index (χ1n) is 4.50. The number of benzene rings is 1. The summed E-state index contributed by atoms with van der Waals surface area (Å²) in [5, 5.41) is 0. The number of ether oxygens (including phenoxy) is 2. The fraction of sp³-hybridized carbons (Fsp3) is 0.400. The Labute approximate surface area is 91.3 Å². The third-order valence-electron chi connectivity index (χ3n) is 2.08. The van der Waals surface area contributed by atoms with E-state index in [2.05, 4.69) is 15.9 Å². The molecule has 0 aromatic heterocycles. The van der Waals surface area contributed by atoms with E-state index in [1.165, 1.54) is 0 Å². The van der Waals surface area contributed by atoms with Gasteiger partial charge < -0.3 is 15.2 Å². The topological polar surface area (TPSA) is 44.5 Å². The van der Waals surface area contributed by atoms with E-state index in [0.717, 1.165) is 28.0 Å². The molecule has 4 heteroatoms. The molecule has 2 rings (SSSR count). The van der Waals surface area contributed by atoms with Crippen LogP contribution in [0.1, 0.15) is 12.5 Å². The van der Waals surface area contributed by atoms with Crippen LogP contribution in [0.15, 0.2) is 16.6 Å². The summed E-state index contributed by atoms with van der Waals surface area (Å²) in [7, 11) is 0. The van der Waals surface area contributed by atoms with E-state index in [-0.39, 0.29) is 6.04 Å². The summed E-state index contributed by atoms with van der Waals surface area (Å²) in [6, 6.07) is 4.06. The Morgan fingerprint density at radius 3 is 2.71 bits per heavy atom. The average Bonchev–Trinajstić information content (AvgIpc) is 2.51. The summed E-state index contributed by atoms with van der Waals surface area (Å²) in [4.78, 5) is 0. The van der Waals surface area contributed by atoms with Crippen molar-refractivity contribution >= 4 is 15.9 Å². The molecule has 1 aliphatic heterocycles. The monoisotopic (exact) mass is 257 g/mol. The van der Waals surface area contributed by atoms with Gasteiger partial charge in [-0.1, -0.05) is 15.9 Å². The third kappa shape index (κ3) is 1.86. The van der Waals surface area contributed by atoms with Crippen molar-refractivity contribution < 1.29 is 9.47 Å². The summed E-state index contributed by atoms with van der Waals surface area (Å²) in [6.07, 6.45) is 0.831. The van der Waals surface area contributed by atoms with Crippen molar-refractivity contribution in [2.45, 2.75) is 19.4 Å². The Hall–Kier alpha value is -0.740. The van der Waals surface area contributed by atoms with Crippen molar-refractivity contribution in [2.24, 2.45) is 5.73 Å². The molecule has 0 saturated carbocycles. The van der Waals surface area contributed by atoms with Gasteiger partial charge in [-0.25, -0.2) is 0 Å². The molecule has 0 aliphatic carbocycles. The number of fused-ring (bicyclic) bond motifs is 1. The zero-order valence-corrected chi connectivity index (χ0v) is 9.50. The molecule has 0 spiro atoms. The van der Waals surface area contributed by atoms with Crippen molar-refractivity contribution in [3.8, 4) is 11.5 Å². The van der Waals surface area contributed by atoms with E-state index in [0.29, 0.717) is 6.79 Å². The molecule has 0 unspecified atom stereocenters. The quantitative estimate of drug-likeness (QED) is 0.883. The van der Waals surface area contributed by atoms with Crippen LogP contribution in [0.5, 0.6) is 11.5 Å². The smallest absolute Gasteiger partial charge is 0.231 e. The highest BCUT2D eigenvalue weighted by molar-refractivity contribution is 9.10. The van der Waals surface area contributed by atoms with Gasteiger partial charge in [-0.3, -0.25) is 0 Å². The van der Waals surface area contributed by atoms with E-state index < -0.39 is 0 Å². The van der Waals surface area contributed by atoms with Crippen LogP contribution in [-0.2, 0) is 6.42 Å². The number of hydrogen-bond acceptors (Lipinski definition) is 3. The molecular formula is C10H12BrNO2. The van der Waals surface area contributed by atoms with Crippen LogP contribution in [-0.4, -0.2) is 12.8 Å². The molecule has 1 aromatic carbocycles. The summed E-state index contributed by atoms with van der Waals surface area (Å²) in [6.45, 7) is 2.29. The van der Waals surface area contributed by atoms with Crippen molar-refractivity contribution in [3.63, 3.8) is 0 Å². The van der Waals surface area contributed by atoms with Crippen molar-refractivity contribution in [1.82, 2.24) is 0 Å². The van der Waals surface area contributed by atoms with Crippen molar-refractivity contribution in [3.05, 3.63) is 22.2 Å². The first kappa shape index (κ1) is 9.80. The highest BCUT2D eigenvalue weighted by atomic mass is 79.9. The Morgan fingerprint density at radius 2 is 2.07 bits per heavy atom. The SMILES string of the molecule is C[C@H](N)Cc1cc2c(cc1Br)OCO2. The van der Waals surface area contributed by atoms with Gasteiger partial charge in [0.1, 0.15) is 0 Å². The van der Waals surface area contributed by atoms with Crippen molar-refractivity contribution in [2.75, 3.05) is 6.79 Å². The second kappa shape index (κ2) is 3.79. The maximum atomic E-state index is 5.75. The molecule has 0 radical (unpaired) electrons. The molecule has 1 heterocycles. The molecule has 14 heavy (non-hydrogen) atoms. The fourth-order valence-electron chi connectivity index (χ4n) is 1.46. The highest BCUT2D eigenvalue weighted by Gasteiger charge is 2.16. The number of hydrogen-bond donors (Lipinski definition) is 1. The lowest BCUT2D eigenvalue weighted by Gasteiger charge is -2.08. The van der Waals surface area contributed by atoms with Gasteiger partial charge in [0.25, 0.3) is 0 Å². The first-order chi connectivity index (χ1) is 6.66. The molecule has 0 fully saturated rings. The maximum Gasteiger partial charge on any atom is 0.231 e. The minimum absolute atomic E-state index is 0.145. The Bertz CT molecular complexity index is 352. The van der Waals surface area contributed by atoms with E-state index >= 15 is 0 Å². The lowest BCUT2D eigenvalue weighted by molar-refractivity contribution is 0.174. The second-order valence-corrected chi connectivity index (χ2v) is 4.33. The van der Waals surface area contributed by atoms with Gasteiger partial charge >= 0.3 is 0 Å². The van der Waals surface area contributed by atoms with Crippen LogP contribution in [0, 0.1) is 0 Å². The number of rotatable bonds is 2. The Balaban J connectivity index is 2.32. The lowest BCUT2D eigenvalue weighted by Crippen LogP contribution is -2.17. The largest absolute Gasteiger partial charge is 0.454 e. The van der Waals surface area contributed by atoms with Crippen LogP contribution in [0.3, 0.4) is 0 Å². The van der Waals surface area contributed by atoms with E-state index in [1.54, 1.807) is 0 Å². The normalized spacial score (nSPS) is 15.6. The van der Waals surface area contributed by atoms with Gasteiger partial charge in [0.05, 0.1) is 0 Å². The maximum absolute atomic E-state index is 5.75. The average molecular weight is 258 g/mol. The van der Waals surface area contributed by atoms with Gasteiger partial charge in [0.15, 0.2) is 11.5 Å². The molecule has 2 N–H and O–H groups in total. The molecule has 1 aliphatic rings. The Kier molecular flexibility index (Phi) is 2.65. The zero-order chi connectivity index (χ0) is 10.1. The van der Waals surface area contributed by atoms with Crippen LogP contribution < -0.4 is 15.2 Å². The molecule has 76 valence electrons. The van der Waals surface area contributed by atoms with Crippen LogP contribution >= 0.6 is 15.9 Å². The molecule has 1 aromatic rings. The molecule has 3 nitrogen and oxygen atoms in total. The third-order valence-corrected chi connectivity index (χ3v) is 2.82. The summed E-state index contributed by atoms with van der Waals surface area (Å²) >= 11 is 3.49. The Morgan fingerprint density at radius 1 is 1.43 bits per heavy atom. The van der Waals surface area contributed by atoms with E-state index in [1.807, 2.05) is 19.1 Å². The lowest BCUT2D eigenvalue weighted by atomic mass is 10.1. The van der Waals surface area contributed by atoms with Gasteiger partial charge in [-0.05, 0) is 31.0 Å². The standard InChI is InChI=1S/C10H12BrNO2/c1-6(12)2-7-3-9-10(4-8(7)11)14-5-13-9/h3-4,6H,2,5,12H2,1H3/t6-/m0/s1. The predicted octanol–water partition coefficient (Wildman–Crippen LogP) is 2.07.